The molecule has 2 amide bonds. The van der Waals surface area contributed by atoms with Crippen molar-refractivity contribution in [3.8, 4) is 0 Å². The number of nitrogens with one attached hydrogen (secondary N) is 1. The smallest absolute Gasteiger partial charge is 0.256 e. The third kappa shape index (κ3) is 5.36. The Kier molecular flexibility index (Phi) is 7.00. The molecule has 9 heteroatoms. The minimum Gasteiger partial charge on any atom is -0.337 e. The first kappa shape index (κ1) is 20.4. The highest BCUT2D eigenvalue weighted by molar-refractivity contribution is 7.20. The van der Waals surface area contributed by atoms with Crippen LogP contribution in [0.5, 0.6) is 0 Å². The van der Waals surface area contributed by atoms with Crippen molar-refractivity contribution in [1.82, 2.24) is 9.80 Å². The van der Waals surface area contributed by atoms with E-state index in [1.54, 1.807) is 23.1 Å². The number of rotatable bonds is 4. The summed E-state index contributed by atoms with van der Waals surface area (Å²) in [5.74, 6) is -0.249. The Balaban J connectivity index is 1.55. The summed E-state index contributed by atoms with van der Waals surface area (Å²) < 4.78 is 0.904. The maximum atomic E-state index is 12.7. The van der Waals surface area contributed by atoms with Crippen molar-refractivity contribution in [3.05, 3.63) is 49.6 Å². The van der Waals surface area contributed by atoms with E-state index in [1.165, 1.54) is 11.3 Å². The van der Waals surface area contributed by atoms with Gasteiger partial charge in [-0.25, -0.2) is 0 Å². The summed E-state index contributed by atoms with van der Waals surface area (Å²) in [4.78, 5) is 28.8. The summed E-state index contributed by atoms with van der Waals surface area (Å²) in [6, 6.07) is 8.73. The number of carbonyl (C=O) groups excluding carboxylic acids is 2. The van der Waals surface area contributed by atoms with Crippen molar-refractivity contribution in [2.24, 2.45) is 0 Å². The summed E-state index contributed by atoms with van der Waals surface area (Å²) >= 11 is 19.3. The SMILES string of the molecule is O=C(CN1CCCN(C(=O)c2cc(Cl)sc2Cl)CC1)Nc1ccccc1Cl. The van der Waals surface area contributed by atoms with Gasteiger partial charge in [0, 0.05) is 26.2 Å². The zero-order valence-corrected chi connectivity index (χ0v) is 17.5. The number of carbonyl (C=O) groups is 2. The predicted molar refractivity (Wildman–Crippen MR) is 111 cm³/mol. The van der Waals surface area contributed by atoms with Gasteiger partial charge < -0.3 is 10.2 Å². The van der Waals surface area contributed by atoms with Gasteiger partial charge in [0.2, 0.25) is 5.91 Å². The molecule has 144 valence electrons. The Bertz CT molecular complexity index is 843. The van der Waals surface area contributed by atoms with Crippen molar-refractivity contribution >= 4 is 63.6 Å². The molecule has 0 saturated carbocycles. The average molecular weight is 447 g/mol. The van der Waals surface area contributed by atoms with E-state index in [2.05, 4.69) is 5.32 Å². The first-order chi connectivity index (χ1) is 12.9. The molecule has 2 heterocycles. The lowest BCUT2D eigenvalue weighted by Gasteiger charge is -2.21. The molecule has 0 unspecified atom stereocenters. The van der Waals surface area contributed by atoms with E-state index in [-0.39, 0.29) is 18.4 Å². The van der Waals surface area contributed by atoms with Crippen LogP contribution in [-0.4, -0.2) is 54.3 Å². The van der Waals surface area contributed by atoms with Gasteiger partial charge in [-0.2, -0.15) is 0 Å². The fourth-order valence-corrected chi connectivity index (χ4v) is 4.57. The molecule has 1 N–H and O–H groups in total. The van der Waals surface area contributed by atoms with Crippen LogP contribution in [0.1, 0.15) is 16.8 Å². The average Bonchev–Trinajstić information content (AvgIpc) is 2.81. The molecule has 2 aromatic rings. The molecule has 1 aliphatic rings. The maximum absolute atomic E-state index is 12.7. The normalized spacial score (nSPS) is 15.4. The van der Waals surface area contributed by atoms with E-state index in [0.717, 1.165) is 13.0 Å². The van der Waals surface area contributed by atoms with E-state index in [1.807, 2.05) is 17.0 Å². The zero-order chi connectivity index (χ0) is 19.4. The number of benzene rings is 1. The van der Waals surface area contributed by atoms with Crippen LogP contribution in [0.25, 0.3) is 0 Å². The lowest BCUT2D eigenvalue weighted by molar-refractivity contribution is -0.117. The number of hydrogen-bond acceptors (Lipinski definition) is 4. The molecule has 1 aromatic carbocycles. The number of thiophene rings is 1. The first-order valence-electron chi connectivity index (χ1n) is 8.45. The van der Waals surface area contributed by atoms with Gasteiger partial charge >= 0.3 is 0 Å². The van der Waals surface area contributed by atoms with Crippen LogP contribution in [-0.2, 0) is 4.79 Å². The number of nitrogens with zero attached hydrogens (tertiary/aromatic N) is 2. The molecule has 1 aromatic heterocycles. The number of para-hydroxylation sites is 1. The molecular weight excluding hydrogens is 429 g/mol. The maximum Gasteiger partial charge on any atom is 0.256 e. The third-order valence-corrected chi connectivity index (χ3v) is 6.10. The second kappa shape index (κ2) is 9.26. The summed E-state index contributed by atoms with van der Waals surface area (Å²) in [5, 5.41) is 3.33. The molecule has 1 saturated heterocycles. The molecule has 1 aliphatic heterocycles. The molecule has 1 fully saturated rings. The Morgan fingerprint density at radius 3 is 2.56 bits per heavy atom. The van der Waals surface area contributed by atoms with Crippen LogP contribution in [0.4, 0.5) is 5.69 Å². The number of hydrogen-bond donors (Lipinski definition) is 1. The molecule has 0 atom stereocenters. The molecule has 5 nitrogen and oxygen atoms in total. The topological polar surface area (TPSA) is 52.7 Å². The molecule has 27 heavy (non-hydrogen) atoms. The minimum absolute atomic E-state index is 0.120. The van der Waals surface area contributed by atoms with Crippen LogP contribution < -0.4 is 5.32 Å². The highest BCUT2D eigenvalue weighted by Crippen LogP contribution is 2.32. The molecule has 0 spiro atoms. The predicted octanol–water partition coefficient (Wildman–Crippen LogP) is 4.49. The van der Waals surface area contributed by atoms with E-state index in [0.29, 0.717) is 44.6 Å². The minimum atomic E-state index is -0.129. The highest BCUT2D eigenvalue weighted by atomic mass is 35.5. The van der Waals surface area contributed by atoms with E-state index >= 15 is 0 Å². The van der Waals surface area contributed by atoms with Crippen LogP contribution >= 0.6 is 46.1 Å². The molecule has 0 bridgehead atoms. The summed E-state index contributed by atoms with van der Waals surface area (Å²) in [5.41, 5.74) is 1.04. The van der Waals surface area contributed by atoms with Gasteiger partial charge in [0.25, 0.3) is 5.91 Å². The van der Waals surface area contributed by atoms with Crippen LogP contribution in [0.15, 0.2) is 30.3 Å². The van der Waals surface area contributed by atoms with Crippen LogP contribution in [0.2, 0.25) is 13.7 Å². The Hall–Kier alpha value is -1.31. The quantitative estimate of drug-likeness (QED) is 0.752. The van der Waals surface area contributed by atoms with Gasteiger partial charge in [-0.15, -0.1) is 11.3 Å². The molecule has 0 radical (unpaired) electrons. The summed E-state index contributed by atoms with van der Waals surface area (Å²) in [7, 11) is 0. The van der Waals surface area contributed by atoms with Gasteiger partial charge in [-0.05, 0) is 24.6 Å². The highest BCUT2D eigenvalue weighted by Gasteiger charge is 2.24. The Morgan fingerprint density at radius 2 is 1.85 bits per heavy atom. The Morgan fingerprint density at radius 1 is 1.07 bits per heavy atom. The van der Waals surface area contributed by atoms with Crippen LogP contribution in [0.3, 0.4) is 0 Å². The molecule has 3 rings (SSSR count). The summed E-state index contributed by atoms with van der Waals surface area (Å²) in [6.45, 7) is 2.74. The second-order valence-corrected chi connectivity index (χ2v) is 8.88. The lowest BCUT2D eigenvalue weighted by Crippen LogP contribution is -2.38. The number of halogens is 3. The monoisotopic (exact) mass is 445 g/mol. The third-order valence-electron chi connectivity index (χ3n) is 4.28. The fourth-order valence-electron chi connectivity index (χ4n) is 2.94. The largest absolute Gasteiger partial charge is 0.337 e. The number of anilines is 1. The van der Waals surface area contributed by atoms with Gasteiger partial charge in [-0.3, -0.25) is 14.5 Å². The zero-order valence-electron chi connectivity index (χ0n) is 14.4. The lowest BCUT2D eigenvalue weighted by atomic mass is 10.3. The van der Waals surface area contributed by atoms with Crippen molar-refractivity contribution in [1.29, 1.82) is 0 Å². The van der Waals surface area contributed by atoms with Crippen molar-refractivity contribution in [3.63, 3.8) is 0 Å². The van der Waals surface area contributed by atoms with Crippen molar-refractivity contribution < 1.29 is 9.59 Å². The van der Waals surface area contributed by atoms with Crippen molar-refractivity contribution in [2.45, 2.75) is 6.42 Å². The van der Waals surface area contributed by atoms with Crippen LogP contribution in [0, 0.1) is 0 Å². The number of amides is 2. The van der Waals surface area contributed by atoms with Gasteiger partial charge in [-0.1, -0.05) is 46.9 Å². The van der Waals surface area contributed by atoms with Crippen molar-refractivity contribution in [2.75, 3.05) is 38.0 Å². The first-order valence-corrected chi connectivity index (χ1v) is 10.4. The Labute approximate surface area is 176 Å². The molecular formula is C18H18Cl3N3O2S. The fraction of sp³-hybridized carbons (Fsp3) is 0.333. The van der Waals surface area contributed by atoms with Gasteiger partial charge in [0.15, 0.2) is 0 Å². The van der Waals surface area contributed by atoms with E-state index in [4.69, 9.17) is 34.8 Å². The van der Waals surface area contributed by atoms with Gasteiger partial charge in [0.05, 0.1) is 27.2 Å². The van der Waals surface area contributed by atoms with E-state index < -0.39 is 0 Å². The second-order valence-electron chi connectivity index (χ2n) is 6.19. The molecule has 0 aliphatic carbocycles. The van der Waals surface area contributed by atoms with Gasteiger partial charge in [0.1, 0.15) is 4.34 Å². The standard InChI is InChI=1S/C18H18Cl3N3O2S/c19-13-4-1-2-5-14(13)22-16(25)11-23-6-3-7-24(9-8-23)18(26)12-10-15(20)27-17(12)21/h1-2,4-5,10H,3,6-9,11H2,(H,22,25). The summed E-state index contributed by atoms with van der Waals surface area (Å²) in [6.07, 6.45) is 0.778. The van der Waals surface area contributed by atoms with E-state index in [9.17, 15) is 9.59 Å².